The number of carbonyl (C=O) groups is 2. The molecule has 0 bridgehead atoms. The number of methoxy groups -OCH3 is 1. The molecular formula is C22H21FN4O5. The summed E-state index contributed by atoms with van der Waals surface area (Å²) in [5, 5.41) is 18.5. The van der Waals surface area contributed by atoms with Gasteiger partial charge in [0.05, 0.1) is 29.0 Å². The lowest BCUT2D eigenvalue weighted by molar-refractivity contribution is -0.384. The summed E-state index contributed by atoms with van der Waals surface area (Å²) in [6, 6.07) is 10.5. The van der Waals surface area contributed by atoms with Gasteiger partial charge in [-0.2, -0.15) is 5.10 Å². The molecule has 0 saturated heterocycles. The molecule has 0 saturated carbocycles. The van der Waals surface area contributed by atoms with Crippen LogP contribution in [0.1, 0.15) is 47.2 Å². The van der Waals surface area contributed by atoms with Crippen molar-refractivity contribution in [3.63, 3.8) is 0 Å². The van der Waals surface area contributed by atoms with Crippen molar-refractivity contribution in [3.05, 3.63) is 81.3 Å². The number of nitrogens with one attached hydrogen (secondary N) is 1. The number of ether oxygens (including phenoxy) is 1. The van der Waals surface area contributed by atoms with Crippen LogP contribution in [0.15, 0.2) is 48.5 Å². The summed E-state index contributed by atoms with van der Waals surface area (Å²) in [4.78, 5) is 35.4. The number of anilines is 1. The summed E-state index contributed by atoms with van der Waals surface area (Å²) in [7, 11) is 1.14. The Morgan fingerprint density at radius 2 is 1.72 bits per heavy atom. The van der Waals surface area contributed by atoms with Gasteiger partial charge in [-0.25, -0.2) is 13.9 Å². The van der Waals surface area contributed by atoms with Crippen LogP contribution >= 0.6 is 0 Å². The smallest absolute Gasteiger partial charge is 0.338 e. The SMILES string of the molecule is COC(=O)c1cc(C(=O)Nc2cc(C(C)(C)C)nn2-c2ccc(F)cc2)cc([N+](=O)[O-])c1. The summed E-state index contributed by atoms with van der Waals surface area (Å²) in [6.07, 6.45) is 0. The Bertz CT molecular complexity index is 1200. The van der Waals surface area contributed by atoms with Crippen LogP contribution in [-0.2, 0) is 10.2 Å². The van der Waals surface area contributed by atoms with E-state index in [0.29, 0.717) is 11.4 Å². The number of halogens is 1. The Balaban J connectivity index is 2.04. The number of non-ortho nitro benzene ring substituents is 1. The Labute approximate surface area is 183 Å². The van der Waals surface area contributed by atoms with Crippen LogP contribution < -0.4 is 5.32 Å². The lowest BCUT2D eigenvalue weighted by atomic mass is 9.92. The van der Waals surface area contributed by atoms with Crippen LogP contribution in [0.2, 0.25) is 0 Å². The first-order valence-corrected chi connectivity index (χ1v) is 9.55. The number of nitrogens with zero attached hydrogens (tertiary/aromatic N) is 3. The molecule has 1 N–H and O–H groups in total. The lowest BCUT2D eigenvalue weighted by Gasteiger charge is -2.14. The second-order valence-corrected chi connectivity index (χ2v) is 8.02. The number of carbonyl (C=O) groups excluding carboxylic acids is 2. The molecule has 166 valence electrons. The molecular weight excluding hydrogens is 419 g/mol. The Kier molecular flexibility index (Phi) is 6.06. The summed E-state index contributed by atoms with van der Waals surface area (Å²) in [6.45, 7) is 5.83. The van der Waals surface area contributed by atoms with Crippen molar-refractivity contribution in [1.29, 1.82) is 0 Å². The number of amides is 1. The first-order chi connectivity index (χ1) is 15.0. The molecule has 0 unspecified atom stereocenters. The van der Waals surface area contributed by atoms with E-state index in [1.54, 1.807) is 6.07 Å². The molecule has 0 fully saturated rings. The largest absolute Gasteiger partial charge is 0.465 e. The van der Waals surface area contributed by atoms with E-state index in [2.05, 4.69) is 15.2 Å². The van der Waals surface area contributed by atoms with Gasteiger partial charge in [-0.1, -0.05) is 20.8 Å². The third-order valence-electron chi connectivity index (χ3n) is 4.60. The molecule has 3 rings (SSSR count). The highest BCUT2D eigenvalue weighted by atomic mass is 19.1. The molecule has 3 aromatic rings. The van der Waals surface area contributed by atoms with Crippen molar-refractivity contribution < 1.29 is 23.6 Å². The number of esters is 1. The van der Waals surface area contributed by atoms with Gasteiger partial charge >= 0.3 is 5.97 Å². The molecule has 0 spiro atoms. The van der Waals surface area contributed by atoms with Gasteiger partial charge in [0.2, 0.25) is 0 Å². The highest BCUT2D eigenvalue weighted by molar-refractivity contribution is 6.06. The van der Waals surface area contributed by atoms with E-state index in [9.17, 15) is 24.1 Å². The molecule has 0 aliphatic carbocycles. The fourth-order valence-corrected chi connectivity index (χ4v) is 2.89. The number of nitro benzene ring substituents is 1. The average molecular weight is 440 g/mol. The molecule has 1 amide bonds. The number of hydrogen-bond acceptors (Lipinski definition) is 6. The third kappa shape index (κ3) is 4.80. The first kappa shape index (κ1) is 22.6. The van der Waals surface area contributed by atoms with Gasteiger partial charge in [-0.05, 0) is 30.3 Å². The Morgan fingerprint density at radius 3 is 2.28 bits per heavy atom. The second-order valence-electron chi connectivity index (χ2n) is 8.02. The fraction of sp³-hybridized carbons (Fsp3) is 0.227. The maximum absolute atomic E-state index is 13.4. The standard InChI is InChI=1S/C22H21FN4O5/c1-22(2,3)18-12-19(26(25-18)16-7-5-15(23)6-8-16)24-20(28)13-9-14(21(29)32-4)11-17(10-13)27(30)31/h5-12H,1-4H3,(H,24,28). The van der Waals surface area contributed by atoms with Crippen molar-refractivity contribution in [2.75, 3.05) is 12.4 Å². The quantitative estimate of drug-likeness (QED) is 0.360. The monoisotopic (exact) mass is 440 g/mol. The van der Waals surface area contributed by atoms with E-state index in [1.807, 2.05) is 20.8 Å². The van der Waals surface area contributed by atoms with E-state index >= 15 is 0 Å². The number of hydrogen-bond donors (Lipinski definition) is 1. The molecule has 1 aromatic heterocycles. The third-order valence-corrected chi connectivity index (χ3v) is 4.60. The molecule has 1 heterocycles. The molecule has 10 heteroatoms. The van der Waals surface area contributed by atoms with Crippen molar-refractivity contribution in [1.82, 2.24) is 9.78 Å². The topological polar surface area (TPSA) is 116 Å². The fourth-order valence-electron chi connectivity index (χ4n) is 2.89. The molecule has 0 aliphatic heterocycles. The van der Waals surface area contributed by atoms with Gasteiger partial charge in [0.1, 0.15) is 11.6 Å². The van der Waals surface area contributed by atoms with Gasteiger partial charge in [0.15, 0.2) is 0 Å². The Hall–Kier alpha value is -4.08. The van der Waals surface area contributed by atoms with Gasteiger partial charge in [0, 0.05) is 29.2 Å². The average Bonchev–Trinajstić information content (AvgIpc) is 3.17. The highest BCUT2D eigenvalue weighted by Gasteiger charge is 2.23. The van der Waals surface area contributed by atoms with Gasteiger partial charge in [-0.3, -0.25) is 14.9 Å². The van der Waals surface area contributed by atoms with E-state index in [-0.39, 0.29) is 22.4 Å². The zero-order chi connectivity index (χ0) is 23.6. The van der Waals surface area contributed by atoms with Gasteiger partial charge in [0.25, 0.3) is 11.6 Å². The predicted molar refractivity (Wildman–Crippen MR) is 115 cm³/mol. The minimum Gasteiger partial charge on any atom is -0.465 e. The molecule has 0 atom stereocenters. The van der Waals surface area contributed by atoms with Crippen molar-refractivity contribution in [2.45, 2.75) is 26.2 Å². The van der Waals surface area contributed by atoms with E-state index in [0.717, 1.165) is 19.2 Å². The predicted octanol–water partition coefficient (Wildman–Crippen LogP) is 4.26. The summed E-state index contributed by atoms with van der Waals surface area (Å²) in [5.41, 5.74) is 0.144. The summed E-state index contributed by atoms with van der Waals surface area (Å²) < 4.78 is 19.4. The molecule has 0 aliphatic rings. The maximum Gasteiger partial charge on any atom is 0.338 e. The number of rotatable bonds is 5. The van der Waals surface area contributed by atoms with Crippen molar-refractivity contribution in [3.8, 4) is 5.69 Å². The zero-order valence-electron chi connectivity index (χ0n) is 17.9. The van der Waals surface area contributed by atoms with Crippen LogP contribution in [0.4, 0.5) is 15.9 Å². The normalized spacial score (nSPS) is 11.2. The van der Waals surface area contributed by atoms with Crippen molar-refractivity contribution >= 4 is 23.4 Å². The number of aromatic nitrogens is 2. The van der Waals surface area contributed by atoms with Crippen LogP contribution in [-0.4, -0.2) is 33.7 Å². The van der Waals surface area contributed by atoms with Gasteiger partial charge < -0.3 is 10.1 Å². The second kappa shape index (κ2) is 8.58. The number of benzene rings is 2. The molecule has 32 heavy (non-hydrogen) atoms. The minimum atomic E-state index is -0.811. The maximum atomic E-state index is 13.4. The Morgan fingerprint density at radius 1 is 1.09 bits per heavy atom. The van der Waals surface area contributed by atoms with Crippen LogP contribution in [0.3, 0.4) is 0 Å². The van der Waals surface area contributed by atoms with Gasteiger partial charge in [-0.15, -0.1) is 0 Å². The number of nitro groups is 1. The van der Waals surface area contributed by atoms with Crippen LogP contribution in [0.25, 0.3) is 5.69 Å². The minimum absolute atomic E-state index is 0.108. The zero-order valence-corrected chi connectivity index (χ0v) is 17.9. The van der Waals surface area contributed by atoms with E-state index in [4.69, 9.17) is 0 Å². The molecule has 9 nitrogen and oxygen atoms in total. The highest BCUT2D eigenvalue weighted by Crippen LogP contribution is 2.27. The van der Waals surface area contributed by atoms with E-state index in [1.165, 1.54) is 35.0 Å². The molecule has 0 radical (unpaired) electrons. The lowest BCUT2D eigenvalue weighted by Crippen LogP contribution is -2.16. The van der Waals surface area contributed by atoms with E-state index < -0.39 is 28.3 Å². The summed E-state index contributed by atoms with van der Waals surface area (Å²) in [5.74, 6) is -1.65. The van der Waals surface area contributed by atoms with Crippen LogP contribution in [0.5, 0.6) is 0 Å². The molecule has 2 aromatic carbocycles. The van der Waals surface area contributed by atoms with Crippen LogP contribution in [0, 0.1) is 15.9 Å². The first-order valence-electron chi connectivity index (χ1n) is 9.55. The van der Waals surface area contributed by atoms with Crippen molar-refractivity contribution in [2.24, 2.45) is 0 Å². The summed E-state index contributed by atoms with van der Waals surface area (Å²) >= 11 is 0.